The molecular weight excluding hydrogens is 288 g/mol. The Morgan fingerprint density at radius 1 is 1.17 bits per heavy atom. The summed E-state index contributed by atoms with van der Waals surface area (Å²) in [4.78, 5) is 6.68. The Labute approximate surface area is 140 Å². The van der Waals surface area contributed by atoms with Gasteiger partial charge in [-0.3, -0.25) is 0 Å². The maximum atomic E-state index is 5.82. The summed E-state index contributed by atoms with van der Waals surface area (Å²) in [6, 6.07) is 8.06. The number of unbranched alkanes of at least 4 members (excludes halogenated alkanes) is 1. The van der Waals surface area contributed by atoms with E-state index in [0.717, 1.165) is 50.3 Å². The Balaban J connectivity index is 2.34. The summed E-state index contributed by atoms with van der Waals surface area (Å²) in [5, 5.41) is 3.11. The van der Waals surface area contributed by atoms with Crippen molar-refractivity contribution in [1.82, 2.24) is 10.2 Å². The van der Waals surface area contributed by atoms with Gasteiger partial charge in [-0.1, -0.05) is 39.3 Å². The SMILES string of the molecule is CCCCNC(N)=NCc1ccc(OCCN(CC)CC)cc1. The molecule has 0 bridgehead atoms. The van der Waals surface area contributed by atoms with Crippen molar-refractivity contribution in [2.45, 2.75) is 40.2 Å². The molecule has 0 heterocycles. The summed E-state index contributed by atoms with van der Waals surface area (Å²) in [5.41, 5.74) is 6.95. The van der Waals surface area contributed by atoms with Crippen molar-refractivity contribution in [3.8, 4) is 5.75 Å². The normalized spacial score (nSPS) is 11.7. The molecule has 0 saturated carbocycles. The van der Waals surface area contributed by atoms with E-state index in [1.807, 2.05) is 24.3 Å². The molecular formula is C18H32N4O. The predicted molar refractivity (Wildman–Crippen MR) is 98.0 cm³/mol. The molecule has 0 aliphatic carbocycles. The molecule has 0 fully saturated rings. The quantitative estimate of drug-likeness (QED) is 0.374. The number of benzene rings is 1. The third-order valence-corrected chi connectivity index (χ3v) is 3.76. The number of nitrogens with one attached hydrogen (secondary N) is 1. The van der Waals surface area contributed by atoms with Crippen LogP contribution in [0.25, 0.3) is 0 Å². The van der Waals surface area contributed by atoms with E-state index in [2.05, 4.69) is 36.0 Å². The lowest BCUT2D eigenvalue weighted by Gasteiger charge is -2.18. The molecule has 1 rings (SSSR count). The Morgan fingerprint density at radius 3 is 2.48 bits per heavy atom. The molecule has 3 N–H and O–H groups in total. The first kappa shape index (κ1) is 19.3. The standard InChI is InChI=1S/C18H32N4O/c1-4-7-12-20-18(19)21-15-16-8-10-17(11-9-16)23-14-13-22(5-2)6-3/h8-11H,4-7,12-15H2,1-3H3,(H3,19,20,21). The summed E-state index contributed by atoms with van der Waals surface area (Å²) >= 11 is 0. The molecule has 130 valence electrons. The topological polar surface area (TPSA) is 62.9 Å². The first-order valence-electron chi connectivity index (χ1n) is 8.67. The van der Waals surface area contributed by atoms with Gasteiger partial charge in [-0.15, -0.1) is 0 Å². The fourth-order valence-corrected chi connectivity index (χ4v) is 2.15. The second-order valence-electron chi connectivity index (χ2n) is 5.50. The van der Waals surface area contributed by atoms with E-state index in [-0.39, 0.29) is 0 Å². The van der Waals surface area contributed by atoms with Crippen LogP contribution in [0.2, 0.25) is 0 Å². The maximum Gasteiger partial charge on any atom is 0.188 e. The molecule has 0 saturated heterocycles. The average molecular weight is 320 g/mol. The number of aliphatic imine (C=N–C) groups is 1. The first-order chi connectivity index (χ1) is 11.2. The van der Waals surface area contributed by atoms with E-state index in [1.165, 1.54) is 0 Å². The number of hydrogen-bond donors (Lipinski definition) is 2. The fourth-order valence-electron chi connectivity index (χ4n) is 2.15. The number of likely N-dealkylation sites (N-methyl/N-ethyl adjacent to an activating group) is 1. The summed E-state index contributed by atoms with van der Waals surface area (Å²) in [5.74, 6) is 1.41. The van der Waals surface area contributed by atoms with E-state index in [4.69, 9.17) is 10.5 Å². The van der Waals surface area contributed by atoms with Crippen molar-refractivity contribution in [2.24, 2.45) is 10.7 Å². The van der Waals surface area contributed by atoms with Gasteiger partial charge in [0.2, 0.25) is 0 Å². The minimum absolute atomic E-state index is 0.512. The number of nitrogens with two attached hydrogens (primary N) is 1. The zero-order chi connectivity index (χ0) is 16.9. The van der Waals surface area contributed by atoms with Gasteiger partial charge in [0.25, 0.3) is 0 Å². The highest BCUT2D eigenvalue weighted by Crippen LogP contribution is 2.12. The Bertz CT molecular complexity index is 441. The number of guanidine groups is 1. The van der Waals surface area contributed by atoms with Crippen molar-refractivity contribution in [3.05, 3.63) is 29.8 Å². The van der Waals surface area contributed by atoms with Gasteiger partial charge >= 0.3 is 0 Å². The van der Waals surface area contributed by atoms with Crippen LogP contribution >= 0.6 is 0 Å². The molecule has 0 aliphatic heterocycles. The van der Waals surface area contributed by atoms with Crippen molar-refractivity contribution in [1.29, 1.82) is 0 Å². The van der Waals surface area contributed by atoms with Gasteiger partial charge in [-0.25, -0.2) is 4.99 Å². The number of nitrogens with zero attached hydrogens (tertiary/aromatic N) is 2. The van der Waals surface area contributed by atoms with Crippen LogP contribution in [0.4, 0.5) is 0 Å². The third-order valence-electron chi connectivity index (χ3n) is 3.76. The van der Waals surface area contributed by atoms with Gasteiger partial charge in [0.1, 0.15) is 12.4 Å². The minimum atomic E-state index is 0.512. The highest BCUT2D eigenvalue weighted by Gasteiger charge is 2.00. The van der Waals surface area contributed by atoms with Crippen LogP contribution in [-0.4, -0.2) is 43.6 Å². The maximum absolute atomic E-state index is 5.82. The van der Waals surface area contributed by atoms with Gasteiger partial charge in [-0.05, 0) is 37.2 Å². The van der Waals surface area contributed by atoms with Crippen LogP contribution in [0.3, 0.4) is 0 Å². The zero-order valence-electron chi connectivity index (χ0n) is 14.8. The summed E-state index contributed by atoms with van der Waals surface area (Å²) in [7, 11) is 0. The van der Waals surface area contributed by atoms with Crippen LogP contribution in [0, 0.1) is 0 Å². The second kappa shape index (κ2) is 11.8. The molecule has 1 aromatic rings. The lowest BCUT2D eigenvalue weighted by Crippen LogP contribution is -2.32. The molecule has 1 aromatic carbocycles. The van der Waals surface area contributed by atoms with Crippen LogP contribution in [-0.2, 0) is 6.54 Å². The largest absolute Gasteiger partial charge is 0.492 e. The predicted octanol–water partition coefficient (Wildman–Crippen LogP) is 2.61. The number of hydrogen-bond acceptors (Lipinski definition) is 3. The van der Waals surface area contributed by atoms with E-state index >= 15 is 0 Å². The van der Waals surface area contributed by atoms with Crippen molar-refractivity contribution in [3.63, 3.8) is 0 Å². The lowest BCUT2D eigenvalue weighted by molar-refractivity contribution is 0.223. The molecule has 5 heteroatoms. The Kier molecular flexibility index (Phi) is 9.87. The first-order valence-corrected chi connectivity index (χ1v) is 8.67. The molecule has 0 unspecified atom stereocenters. The summed E-state index contributed by atoms with van der Waals surface area (Å²) in [6.45, 7) is 11.8. The molecule has 0 aromatic heterocycles. The van der Waals surface area contributed by atoms with Crippen LogP contribution in [0.15, 0.2) is 29.3 Å². The number of ether oxygens (including phenoxy) is 1. The van der Waals surface area contributed by atoms with Crippen LogP contribution in [0.5, 0.6) is 5.75 Å². The molecule has 0 radical (unpaired) electrons. The van der Waals surface area contributed by atoms with Crippen LogP contribution < -0.4 is 15.8 Å². The third kappa shape index (κ3) is 8.45. The average Bonchev–Trinajstić information content (AvgIpc) is 2.58. The van der Waals surface area contributed by atoms with E-state index in [0.29, 0.717) is 19.1 Å². The molecule has 0 atom stereocenters. The minimum Gasteiger partial charge on any atom is -0.492 e. The molecule has 0 amide bonds. The Morgan fingerprint density at radius 2 is 1.87 bits per heavy atom. The van der Waals surface area contributed by atoms with Gasteiger partial charge in [0.15, 0.2) is 5.96 Å². The molecule has 0 spiro atoms. The van der Waals surface area contributed by atoms with Gasteiger partial charge in [-0.2, -0.15) is 0 Å². The monoisotopic (exact) mass is 320 g/mol. The van der Waals surface area contributed by atoms with Gasteiger partial charge in [0, 0.05) is 13.1 Å². The zero-order valence-corrected chi connectivity index (χ0v) is 14.8. The van der Waals surface area contributed by atoms with E-state index < -0.39 is 0 Å². The second-order valence-corrected chi connectivity index (χ2v) is 5.50. The summed E-state index contributed by atoms with van der Waals surface area (Å²) < 4.78 is 5.77. The lowest BCUT2D eigenvalue weighted by atomic mass is 10.2. The summed E-state index contributed by atoms with van der Waals surface area (Å²) in [6.07, 6.45) is 2.26. The highest BCUT2D eigenvalue weighted by atomic mass is 16.5. The molecule has 0 aliphatic rings. The molecule has 23 heavy (non-hydrogen) atoms. The van der Waals surface area contributed by atoms with Crippen molar-refractivity contribution < 1.29 is 4.74 Å². The number of rotatable bonds is 11. The van der Waals surface area contributed by atoms with E-state index in [1.54, 1.807) is 0 Å². The van der Waals surface area contributed by atoms with Crippen LogP contribution in [0.1, 0.15) is 39.2 Å². The molecule has 5 nitrogen and oxygen atoms in total. The highest BCUT2D eigenvalue weighted by molar-refractivity contribution is 5.77. The van der Waals surface area contributed by atoms with Crippen molar-refractivity contribution in [2.75, 3.05) is 32.8 Å². The smallest absolute Gasteiger partial charge is 0.188 e. The Hall–Kier alpha value is -1.75. The van der Waals surface area contributed by atoms with Crippen molar-refractivity contribution >= 4 is 5.96 Å². The van der Waals surface area contributed by atoms with Gasteiger partial charge in [0.05, 0.1) is 6.54 Å². The van der Waals surface area contributed by atoms with Gasteiger partial charge < -0.3 is 20.7 Å². The fraction of sp³-hybridized carbons (Fsp3) is 0.611. The van der Waals surface area contributed by atoms with E-state index in [9.17, 15) is 0 Å².